The minimum Gasteiger partial charge on any atom is -0.483 e. The summed E-state index contributed by atoms with van der Waals surface area (Å²) in [6.07, 6.45) is 3.09. The van der Waals surface area contributed by atoms with E-state index in [1.54, 1.807) is 6.07 Å². The van der Waals surface area contributed by atoms with E-state index < -0.39 is 0 Å². The van der Waals surface area contributed by atoms with Crippen LogP contribution in [0.25, 0.3) is 0 Å². The van der Waals surface area contributed by atoms with Gasteiger partial charge >= 0.3 is 0 Å². The number of nitrogens with one attached hydrogen (secondary N) is 2. The summed E-state index contributed by atoms with van der Waals surface area (Å²) in [5.41, 5.74) is 0.865. The fraction of sp³-hybridized carbons (Fsp3) is 0.562. The monoisotopic (exact) mass is 294 g/mol. The molecule has 2 rings (SSSR count). The number of carbonyl (C=O) groups is 1. The third kappa shape index (κ3) is 5.01. The highest BCUT2D eigenvalue weighted by Crippen LogP contribution is 2.26. The lowest BCUT2D eigenvalue weighted by atomic mass is 10.1. The molecule has 1 aromatic rings. The van der Waals surface area contributed by atoms with Crippen molar-refractivity contribution in [2.24, 2.45) is 0 Å². The van der Waals surface area contributed by atoms with E-state index >= 15 is 0 Å². The fourth-order valence-electron chi connectivity index (χ4n) is 2.10. The second-order valence-electron chi connectivity index (χ2n) is 5.49. The van der Waals surface area contributed by atoms with Gasteiger partial charge in [0, 0.05) is 23.7 Å². The summed E-state index contributed by atoms with van der Waals surface area (Å²) in [5, 5.41) is 6.18. The smallest absolute Gasteiger partial charge is 0.258 e. The Labute approximate surface area is 125 Å². The Kier molecular flexibility index (Phi) is 5.56. The Hall–Kier alpha value is -1.62. The number of hydrogen-bond donors (Lipinski definition) is 2. The van der Waals surface area contributed by atoms with Crippen molar-refractivity contribution in [2.45, 2.75) is 45.2 Å². The van der Waals surface area contributed by atoms with Gasteiger partial charge in [-0.15, -0.1) is 0 Å². The lowest BCUT2D eigenvalue weighted by molar-refractivity contribution is -0.123. The molecule has 0 aliphatic heterocycles. The zero-order valence-corrected chi connectivity index (χ0v) is 12.6. The summed E-state index contributed by atoms with van der Waals surface area (Å²) in [4.78, 5) is 11.7. The van der Waals surface area contributed by atoms with E-state index in [1.807, 2.05) is 6.92 Å². The molecule has 0 aromatic heterocycles. The third-order valence-corrected chi connectivity index (χ3v) is 3.44. The molecule has 0 radical (unpaired) electrons. The second kappa shape index (κ2) is 7.41. The second-order valence-corrected chi connectivity index (χ2v) is 5.49. The number of rotatable bonds is 8. The molecule has 0 spiro atoms. The van der Waals surface area contributed by atoms with E-state index in [2.05, 4.69) is 17.6 Å². The van der Waals surface area contributed by atoms with Gasteiger partial charge in [-0.25, -0.2) is 4.39 Å². The van der Waals surface area contributed by atoms with Gasteiger partial charge in [-0.05, 0) is 38.8 Å². The molecule has 1 unspecified atom stereocenters. The van der Waals surface area contributed by atoms with E-state index in [9.17, 15) is 9.18 Å². The van der Waals surface area contributed by atoms with Gasteiger partial charge in [0.05, 0.1) is 0 Å². The lowest BCUT2D eigenvalue weighted by Crippen LogP contribution is -2.31. The van der Waals surface area contributed by atoms with Crippen LogP contribution >= 0.6 is 0 Å². The van der Waals surface area contributed by atoms with Gasteiger partial charge in [-0.1, -0.05) is 13.0 Å². The van der Waals surface area contributed by atoms with Gasteiger partial charge in [-0.2, -0.15) is 0 Å². The molecule has 0 saturated heterocycles. The van der Waals surface area contributed by atoms with Crippen molar-refractivity contribution in [1.29, 1.82) is 0 Å². The van der Waals surface area contributed by atoms with Crippen LogP contribution in [0, 0.1) is 5.82 Å². The highest BCUT2D eigenvalue weighted by Gasteiger charge is 2.23. The maximum absolute atomic E-state index is 13.4. The maximum atomic E-state index is 13.4. The number of halogens is 1. The summed E-state index contributed by atoms with van der Waals surface area (Å²) >= 11 is 0. The standard InChI is InChI=1S/C16H23FN2O2/c1-3-8-18-11(2)14-7-4-12(17)9-15(14)21-10-16(20)19-13-5-6-13/h4,7,9,11,13,18H,3,5-6,8,10H2,1-2H3,(H,19,20). The van der Waals surface area contributed by atoms with Gasteiger partial charge in [0.2, 0.25) is 0 Å². The van der Waals surface area contributed by atoms with Crippen molar-refractivity contribution in [1.82, 2.24) is 10.6 Å². The Morgan fingerprint density at radius 3 is 2.90 bits per heavy atom. The Balaban J connectivity index is 1.98. The molecule has 1 saturated carbocycles. The summed E-state index contributed by atoms with van der Waals surface area (Å²) in [6, 6.07) is 4.81. The number of amides is 1. The SMILES string of the molecule is CCCNC(C)c1ccc(F)cc1OCC(=O)NC1CC1. The van der Waals surface area contributed by atoms with Crippen LogP contribution in [0.4, 0.5) is 4.39 Å². The van der Waals surface area contributed by atoms with Gasteiger partial charge in [0.15, 0.2) is 6.61 Å². The van der Waals surface area contributed by atoms with Crippen LogP contribution in [-0.4, -0.2) is 25.1 Å². The highest BCUT2D eigenvalue weighted by atomic mass is 19.1. The first-order valence-electron chi connectivity index (χ1n) is 7.55. The van der Waals surface area contributed by atoms with Crippen molar-refractivity contribution in [3.8, 4) is 5.75 Å². The van der Waals surface area contributed by atoms with E-state index in [0.717, 1.165) is 31.4 Å². The van der Waals surface area contributed by atoms with E-state index in [-0.39, 0.29) is 24.4 Å². The van der Waals surface area contributed by atoms with E-state index in [4.69, 9.17) is 4.74 Å². The van der Waals surface area contributed by atoms with Gasteiger partial charge < -0.3 is 15.4 Å². The van der Waals surface area contributed by atoms with Gasteiger partial charge in [-0.3, -0.25) is 4.79 Å². The molecule has 0 heterocycles. The van der Waals surface area contributed by atoms with E-state index in [1.165, 1.54) is 12.1 Å². The summed E-state index contributed by atoms with van der Waals surface area (Å²) < 4.78 is 18.9. The largest absolute Gasteiger partial charge is 0.483 e. The average molecular weight is 294 g/mol. The van der Waals surface area contributed by atoms with Crippen LogP contribution < -0.4 is 15.4 Å². The van der Waals surface area contributed by atoms with Crippen LogP contribution in [0.2, 0.25) is 0 Å². The topological polar surface area (TPSA) is 50.4 Å². The molecule has 1 aromatic carbocycles. The van der Waals surface area contributed by atoms with Crippen LogP contribution in [0.1, 0.15) is 44.7 Å². The Morgan fingerprint density at radius 1 is 1.48 bits per heavy atom. The first kappa shape index (κ1) is 15.8. The maximum Gasteiger partial charge on any atom is 0.258 e. The molecule has 21 heavy (non-hydrogen) atoms. The summed E-state index contributed by atoms with van der Waals surface area (Å²) in [7, 11) is 0. The molecule has 4 nitrogen and oxygen atoms in total. The first-order chi connectivity index (χ1) is 10.1. The van der Waals surface area contributed by atoms with Crippen molar-refractivity contribution >= 4 is 5.91 Å². The number of ether oxygens (including phenoxy) is 1. The third-order valence-electron chi connectivity index (χ3n) is 3.44. The first-order valence-corrected chi connectivity index (χ1v) is 7.55. The molecule has 5 heteroatoms. The predicted molar refractivity (Wildman–Crippen MR) is 79.8 cm³/mol. The molecule has 1 aliphatic carbocycles. The van der Waals surface area contributed by atoms with E-state index in [0.29, 0.717) is 11.8 Å². The van der Waals surface area contributed by atoms with Crippen LogP contribution in [0.5, 0.6) is 5.75 Å². The predicted octanol–water partition coefficient (Wildman–Crippen LogP) is 2.54. The number of benzene rings is 1. The van der Waals surface area contributed by atoms with Crippen molar-refractivity contribution in [2.75, 3.05) is 13.2 Å². The Morgan fingerprint density at radius 2 is 2.24 bits per heavy atom. The molecule has 1 aliphatic rings. The lowest BCUT2D eigenvalue weighted by Gasteiger charge is -2.18. The normalized spacial score (nSPS) is 15.6. The van der Waals surface area contributed by atoms with Crippen LogP contribution in [-0.2, 0) is 4.79 Å². The van der Waals surface area contributed by atoms with Crippen molar-refractivity contribution in [3.05, 3.63) is 29.6 Å². The minimum absolute atomic E-state index is 0.0482. The molecule has 1 fully saturated rings. The molecule has 116 valence electrons. The fourth-order valence-corrected chi connectivity index (χ4v) is 2.10. The van der Waals surface area contributed by atoms with Crippen molar-refractivity contribution in [3.63, 3.8) is 0 Å². The number of carbonyl (C=O) groups excluding carboxylic acids is 1. The Bertz CT molecular complexity index is 489. The van der Waals surface area contributed by atoms with Crippen LogP contribution in [0.3, 0.4) is 0 Å². The quantitative estimate of drug-likeness (QED) is 0.774. The number of hydrogen-bond acceptors (Lipinski definition) is 3. The van der Waals surface area contributed by atoms with Gasteiger partial charge in [0.1, 0.15) is 11.6 Å². The zero-order chi connectivity index (χ0) is 15.2. The molecule has 1 amide bonds. The van der Waals surface area contributed by atoms with Crippen molar-refractivity contribution < 1.29 is 13.9 Å². The van der Waals surface area contributed by atoms with Crippen LogP contribution in [0.15, 0.2) is 18.2 Å². The zero-order valence-electron chi connectivity index (χ0n) is 12.6. The molecule has 1 atom stereocenters. The molecule has 0 bridgehead atoms. The average Bonchev–Trinajstić information content (AvgIpc) is 3.26. The molecular weight excluding hydrogens is 271 g/mol. The molecule has 2 N–H and O–H groups in total. The minimum atomic E-state index is -0.362. The summed E-state index contributed by atoms with van der Waals surface area (Å²) in [5.74, 6) is -0.0852. The van der Waals surface area contributed by atoms with Gasteiger partial charge in [0.25, 0.3) is 5.91 Å². The molecular formula is C16H23FN2O2. The highest BCUT2D eigenvalue weighted by molar-refractivity contribution is 5.78. The summed E-state index contributed by atoms with van der Waals surface area (Å²) in [6.45, 7) is 4.89.